The molecular weight excluding hydrogens is 370 g/mol. The van der Waals surface area contributed by atoms with E-state index in [0.29, 0.717) is 6.42 Å². The van der Waals surface area contributed by atoms with Crippen molar-refractivity contribution in [1.29, 1.82) is 0 Å². The normalized spacial score (nSPS) is 10.3. The van der Waals surface area contributed by atoms with Gasteiger partial charge in [0.1, 0.15) is 0 Å². The molecule has 0 heterocycles. The van der Waals surface area contributed by atoms with Gasteiger partial charge >= 0.3 is 0 Å². The van der Waals surface area contributed by atoms with Crippen LogP contribution in [0.5, 0.6) is 0 Å². The highest BCUT2D eigenvalue weighted by Gasteiger charge is 2.05. The molecule has 0 saturated carbocycles. The standard InChI is InChI=1S/C15H13Br2NO/c1-10-5-6-13(9-14(10)17)18-15(19)8-11-3-2-4-12(16)7-11/h2-7,9H,8H2,1H3,(H,18,19). The van der Waals surface area contributed by atoms with Gasteiger partial charge in [-0.15, -0.1) is 0 Å². The van der Waals surface area contributed by atoms with Crippen LogP contribution in [0.15, 0.2) is 51.4 Å². The molecule has 0 unspecified atom stereocenters. The average Bonchev–Trinajstić information content (AvgIpc) is 2.34. The molecule has 0 saturated heterocycles. The minimum absolute atomic E-state index is 0.0196. The van der Waals surface area contributed by atoms with Gasteiger partial charge in [0.15, 0.2) is 0 Å². The Labute approximate surface area is 129 Å². The summed E-state index contributed by atoms with van der Waals surface area (Å²) in [6.45, 7) is 2.01. The lowest BCUT2D eigenvalue weighted by molar-refractivity contribution is -0.115. The number of amides is 1. The summed E-state index contributed by atoms with van der Waals surface area (Å²) in [4.78, 5) is 11.9. The molecule has 0 radical (unpaired) electrons. The number of anilines is 1. The number of aryl methyl sites for hydroxylation is 1. The quantitative estimate of drug-likeness (QED) is 0.818. The maximum Gasteiger partial charge on any atom is 0.228 e. The molecule has 0 bridgehead atoms. The highest BCUT2D eigenvalue weighted by atomic mass is 79.9. The molecule has 2 aromatic carbocycles. The fourth-order valence-electron chi connectivity index (χ4n) is 1.71. The van der Waals surface area contributed by atoms with E-state index in [1.165, 1.54) is 0 Å². The monoisotopic (exact) mass is 381 g/mol. The minimum atomic E-state index is -0.0196. The Morgan fingerprint density at radius 1 is 1.16 bits per heavy atom. The largest absolute Gasteiger partial charge is 0.326 e. The Hall–Kier alpha value is -1.13. The summed E-state index contributed by atoms with van der Waals surface area (Å²) in [5, 5.41) is 2.89. The molecule has 1 amide bonds. The van der Waals surface area contributed by atoms with E-state index in [-0.39, 0.29) is 5.91 Å². The van der Waals surface area contributed by atoms with Crippen molar-refractivity contribution >= 4 is 43.5 Å². The van der Waals surface area contributed by atoms with Crippen molar-refractivity contribution in [1.82, 2.24) is 0 Å². The number of halogens is 2. The highest BCUT2D eigenvalue weighted by Crippen LogP contribution is 2.21. The number of benzene rings is 2. The van der Waals surface area contributed by atoms with Gasteiger partial charge in [-0.25, -0.2) is 0 Å². The van der Waals surface area contributed by atoms with Gasteiger partial charge in [0.05, 0.1) is 6.42 Å². The molecule has 0 atom stereocenters. The van der Waals surface area contributed by atoms with Crippen LogP contribution in [0.1, 0.15) is 11.1 Å². The van der Waals surface area contributed by atoms with Gasteiger partial charge in [-0.2, -0.15) is 0 Å². The van der Waals surface area contributed by atoms with Gasteiger partial charge in [0, 0.05) is 14.6 Å². The molecule has 0 aliphatic carbocycles. The summed E-state index contributed by atoms with van der Waals surface area (Å²) in [7, 11) is 0. The smallest absolute Gasteiger partial charge is 0.228 e. The zero-order valence-corrected chi connectivity index (χ0v) is 13.6. The van der Waals surface area contributed by atoms with Crippen molar-refractivity contribution in [2.24, 2.45) is 0 Å². The van der Waals surface area contributed by atoms with Crippen LogP contribution in [0.4, 0.5) is 5.69 Å². The second-order valence-corrected chi connectivity index (χ2v) is 6.09. The van der Waals surface area contributed by atoms with Crippen LogP contribution in [0.2, 0.25) is 0 Å². The summed E-state index contributed by atoms with van der Waals surface area (Å²) >= 11 is 6.85. The van der Waals surface area contributed by atoms with Gasteiger partial charge in [0.25, 0.3) is 0 Å². The topological polar surface area (TPSA) is 29.1 Å². The second kappa shape index (κ2) is 6.35. The van der Waals surface area contributed by atoms with Crippen LogP contribution in [0.25, 0.3) is 0 Å². The number of hydrogen-bond donors (Lipinski definition) is 1. The maximum atomic E-state index is 11.9. The third-order valence-corrected chi connectivity index (χ3v) is 4.06. The summed E-state index contributed by atoms with van der Waals surface area (Å²) in [6, 6.07) is 13.5. The molecule has 1 N–H and O–H groups in total. The third kappa shape index (κ3) is 4.18. The SMILES string of the molecule is Cc1ccc(NC(=O)Cc2cccc(Br)c2)cc1Br. The molecule has 0 aromatic heterocycles. The predicted molar refractivity (Wildman–Crippen MR) is 85.4 cm³/mol. The molecule has 98 valence electrons. The van der Waals surface area contributed by atoms with E-state index in [9.17, 15) is 4.79 Å². The van der Waals surface area contributed by atoms with Crippen LogP contribution in [0.3, 0.4) is 0 Å². The van der Waals surface area contributed by atoms with E-state index in [0.717, 1.165) is 25.8 Å². The highest BCUT2D eigenvalue weighted by molar-refractivity contribution is 9.10. The van der Waals surface area contributed by atoms with E-state index < -0.39 is 0 Å². The van der Waals surface area contributed by atoms with E-state index in [1.54, 1.807) is 0 Å². The fraction of sp³-hybridized carbons (Fsp3) is 0.133. The second-order valence-electron chi connectivity index (χ2n) is 4.32. The molecule has 19 heavy (non-hydrogen) atoms. The third-order valence-electron chi connectivity index (χ3n) is 2.71. The molecular formula is C15H13Br2NO. The van der Waals surface area contributed by atoms with Gasteiger partial charge in [-0.3, -0.25) is 4.79 Å². The van der Waals surface area contributed by atoms with Crippen LogP contribution < -0.4 is 5.32 Å². The molecule has 0 fully saturated rings. The minimum Gasteiger partial charge on any atom is -0.326 e. The lowest BCUT2D eigenvalue weighted by Crippen LogP contribution is -2.14. The number of carbonyl (C=O) groups is 1. The summed E-state index contributed by atoms with van der Waals surface area (Å²) in [5.74, 6) is -0.0196. The molecule has 2 rings (SSSR count). The zero-order valence-electron chi connectivity index (χ0n) is 10.4. The number of nitrogens with one attached hydrogen (secondary N) is 1. The maximum absolute atomic E-state index is 11.9. The van der Waals surface area contributed by atoms with Gasteiger partial charge in [0.2, 0.25) is 5.91 Å². The summed E-state index contributed by atoms with van der Waals surface area (Å²) < 4.78 is 1.98. The molecule has 2 nitrogen and oxygen atoms in total. The van der Waals surface area contributed by atoms with E-state index in [1.807, 2.05) is 49.4 Å². The molecule has 0 aliphatic rings. The Kier molecular flexibility index (Phi) is 4.77. The molecule has 0 spiro atoms. The van der Waals surface area contributed by atoms with Gasteiger partial charge < -0.3 is 5.32 Å². The van der Waals surface area contributed by atoms with E-state index >= 15 is 0 Å². The van der Waals surface area contributed by atoms with Crippen molar-refractivity contribution in [2.45, 2.75) is 13.3 Å². The van der Waals surface area contributed by atoms with Crippen molar-refractivity contribution in [3.63, 3.8) is 0 Å². The van der Waals surface area contributed by atoms with Gasteiger partial charge in [-0.1, -0.05) is 50.1 Å². The number of rotatable bonds is 3. The molecule has 0 aliphatic heterocycles. The fourth-order valence-corrected chi connectivity index (χ4v) is 2.53. The first kappa shape index (κ1) is 14.3. The predicted octanol–water partition coefficient (Wildman–Crippen LogP) is 4.70. The van der Waals surface area contributed by atoms with Crippen LogP contribution >= 0.6 is 31.9 Å². The van der Waals surface area contributed by atoms with Crippen LogP contribution in [-0.4, -0.2) is 5.91 Å². The Morgan fingerprint density at radius 2 is 1.95 bits per heavy atom. The lowest BCUT2D eigenvalue weighted by Gasteiger charge is -2.07. The van der Waals surface area contributed by atoms with Gasteiger partial charge in [-0.05, 0) is 42.3 Å². The first-order chi connectivity index (χ1) is 9.04. The van der Waals surface area contributed by atoms with Crippen molar-refractivity contribution in [3.8, 4) is 0 Å². The zero-order chi connectivity index (χ0) is 13.8. The number of hydrogen-bond acceptors (Lipinski definition) is 1. The first-order valence-electron chi connectivity index (χ1n) is 5.85. The Morgan fingerprint density at radius 3 is 2.63 bits per heavy atom. The first-order valence-corrected chi connectivity index (χ1v) is 7.43. The van der Waals surface area contributed by atoms with Crippen molar-refractivity contribution in [2.75, 3.05) is 5.32 Å². The number of carbonyl (C=O) groups excluding carboxylic acids is 1. The average molecular weight is 383 g/mol. The molecule has 2 aromatic rings. The van der Waals surface area contributed by atoms with Crippen LogP contribution in [-0.2, 0) is 11.2 Å². The van der Waals surface area contributed by atoms with E-state index in [4.69, 9.17) is 0 Å². The van der Waals surface area contributed by atoms with Crippen molar-refractivity contribution < 1.29 is 4.79 Å². The molecule has 4 heteroatoms. The summed E-state index contributed by atoms with van der Waals surface area (Å²) in [5.41, 5.74) is 2.93. The van der Waals surface area contributed by atoms with Crippen LogP contribution in [0, 0.1) is 6.92 Å². The Bertz CT molecular complexity index is 611. The Balaban J connectivity index is 2.03. The van der Waals surface area contributed by atoms with E-state index in [2.05, 4.69) is 37.2 Å². The van der Waals surface area contributed by atoms with Crippen molar-refractivity contribution in [3.05, 3.63) is 62.5 Å². The lowest BCUT2D eigenvalue weighted by atomic mass is 10.1. The summed E-state index contributed by atoms with van der Waals surface area (Å²) in [6.07, 6.45) is 0.366.